The maximum Gasteiger partial charge on any atom is 0.414 e. The summed E-state index contributed by atoms with van der Waals surface area (Å²) in [6.45, 7) is 13.6. The predicted octanol–water partition coefficient (Wildman–Crippen LogP) is 6.16. The zero-order valence-electron chi connectivity index (χ0n) is 38.5. The van der Waals surface area contributed by atoms with Crippen LogP contribution < -0.4 is 10.3 Å². The Morgan fingerprint density at radius 3 is 2.37 bits per heavy atom. The van der Waals surface area contributed by atoms with Gasteiger partial charge in [-0.3, -0.25) is 9.69 Å². The average Bonchev–Trinajstić information content (AvgIpc) is 3.89. The molecular weight excluding hydrogens is 857 g/mol. The molecule has 3 aliphatic heterocycles. The van der Waals surface area contributed by atoms with Gasteiger partial charge in [0.25, 0.3) is 5.56 Å². The van der Waals surface area contributed by atoms with E-state index in [0.29, 0.717) is 52.4 Å². The van der Waals surface area contributed by atoms with Gasteiger partial charge in [-0.2, -0.15) is 0 Å². The molecular formula is C50H56N8O9. The second-order valence-corrected chi connectivity index (χ2v) is 18.1. The van der Waals surface area contributed by atoms with Crippen LogP contribution in [0.1, 0.15) is 86.3 Å². The summed E-state index contributed by atoms with van der Waals surface area (Å²) in [7, 11) is 1.74. The van der Waals surface area contributed by atoms with Crippen molar-refractivity contribution in [2.75, 3.05) is 46.3 Å². The molecule has 3 aromatic heterocycles. The molecule has 67 heavy (non-hydrogen) atoms. The Bertz CT molecular complexity index is 2960. The van der Waals surface area contributed by atoms with Crippen LogP contribution in [0.4, 0.5) is 4.79 Å². The summed E-state index contributed by atoms with van der Waals surface area (Å²) in [6.07, 6.45) is 2.01. The number of fused-ring (bicyclic) bond motifs is 5. The molecule has 0 unspecified atom stereocenters. The van der Waals surface area contributed by atoms with Crippen LogP contribution in [-0.2, 0) is 41.2 Å². The van der Waals surface area contributed by atoms with Crippen LogP contribution in [0.5, 0.6) is 23.3 Å². The maximum absolute atomic E-state index is 13.7. The van der Waals surface area contributed by atoms with Gasteiger partial charge in [-0.15, -0.1) is 5.10 Å². The first-order valence-corrected chi connectivity index (χ1v) is 23.0. The van der Waals surface area contributed by atoms with Crippen molar-refractivity contribution < 1.29 is 39.5 Å². The lowest BCUT2D eigenvalue weighted by molar-refractivity contribution is -0.172. The van der Waals surface area contributed by atoms with Gasteiger partial charge in [0, 0.05) is 68.9 Å². The minimum absolute atomic E-state index is 0.00297. The minimum atomic E-state index is -1.90. The van der Waals surface area contributed by atoms with Crippen molar-refractivity contribution >= 4 is 23.0 Å². The Kier molecular flexibility index (Phi) is 12.3. The van der Waals surface area contributed by atoms with E-state index in [1.165, 1.54) is 10.6 Å². The number of hydrogen-bond acceptors (Lipinski definition) is 14. The number of aromatic nitrogens is 5. The Balaban J connectivity index is 0.756. The number of pyridine rings is 2. The fourth-order valence-electron chi connectivity index (χ4n) is 9.67. The molecule has 9 rings (SSSR count). The number of amides is 1. The molecule has 1 fully saturated rings. The number of benzene rings is 3. The van der Waals surface area contributed by atoms with Gasteiger partial charge in [0.2, 0.25) is 0 Å². The number of cyclic esters (lactones) is 1. The summed E-state index contributed by atoms with van der Waals surface area (Å²) in [5.74, 6) is -0.258. The monoisotopic (exact) mass is 912 g/mol. The zero-order chi connectivity index (χ0) is 47.3. The van der Waals surface area contributed by atoms with Crippen molar-refractivity contribution in [2.45, 2.75) is 84.6 Å². The van der Waals surface area contributed by atoms with E-state index in [4.69, 9.17) is 14.5 Å². The van der Waals surface area contributed by atoms with Gasteiger partial charge in [0.15, 0.2) is 11.4 Å². The highest BCUT2D eigenvalue weighted by atomic mass is 16.6. The molecule has 0 radical (unpaired) electrons. The molecule has 0 saturated carbocycles. The van der Waals surface area contributed by atoms with E-state index in [1.807, 2.05) is 57.2 Å². The first kappa shape index (κ1) is 45.3. The molecule has 17 nitrogen and oxygen atoms in total. The van der Waals surface area contributed by atoms with E-state index in [1.54, 1.807) is 41.6 Å². The largest absolute Gasteiger partial charge is 0.508 e. The molecule has 6 heterocycles. The number of rotatable bonds is 13. The van der Waals surface area contributed by atoms with Crippen molar-refractivity contribution in [3.8, 4) is 51.7 Å². The Morgan fingerprint density at radius 1 is 0.910 bits per heavy atom. The molecule has 1 saturated heterocycles. The van der Waals surface area contributed by atoms with Crippen molar-refractivity contribution in [1.29, 1.82) is 0 Å². The summed E-state index contributed by atoms with van der Waals surface area (Å²) >= 11 is 0. The third-order valence-electron chi connectivity index (χ3n) is 13.6. The number of unbranched alkanes of at least 4 members (excludes halogenated alkanes) is 1. The van der Waals surface area contributed by atoms with Gasteiger partial charge in [0.1, 0.15) is 23.9 Å². The first-order chi connectivity index (χ1) is 32.2. The fourth-order valence-corrected chi connectivity index (χ4v) is 9.67. The zero-order valence-corrected chi connectivity index (χ0v) is 38.5. The van der Waals surface area contributed by atoms with Crippen LogP contribution >= 0.6 is 0 Å². The van der Waals surface area contributed by atoms with Crippen LogP contribution in [0.3, 0.4) is 0 Å². The summed E-state index contributed by atoms with van der Waals surface area (Å²) in [5.41, 5.74) is 4.84. The van der Waals surface area contributed by atoms with E-state index < -0.39 is 17.7 Å². The predicted molar refractivity (Wildman–Crippen MR) is 249 cm³/mol. The van der Waals surface area contributed by atoms with Gasteiger partial charge in [-0.1, -0.05) is 44.9 Å². The molecule has 1 amide bonds. The highest BCUT2D eigenvalue weighted by Crippen LogP contribution is 2.42. The number of carbonyl (C=O) groups excluding carboxylic acids is 2. The van der Waals surface area contributed by atoms with Crippen LogP contribution in [-0.4, -0.2) is 118 Å². The number of carbonyl (C=O) groups is 2. The number of hydrogen-bond donors (Lipinski definition) is 4. The molecule has 0 spiro atoms. The van der Waals surface area contributed by atoms with Gasteiger partial charge < -0.3 is 44.3 Å². The highest BCUT2D eigenvalue weighted by Gasteiger charge is 2.45. The molecule has 350 valence electrons. The van der Waals surface area contributed by atoms with Gasteiger partial charge in [-0.25, -0.2) is 19.1 Å². The lowest BCUT2D eigenvalue weighted by atomic mass is 9.86. The average molecular weight is 913 g/mol. The first-order valence-electron chi connectivity index (χ1n) is 23.0. The molecule has 3 aliphatic rings. The highest BCUT2D eigenvalue weighted by molar-refractivity contribution is 5.90. The van der Waals surface area contributed by atoms with Gasteiger partial charge in [0.05, 0.1) is 40.3 Å². The van der Waals surface area contributed by atoms with E-state index in [2.05, 4.69) is 20.0 Å². The Hall–Kier alpha value is -6.82. The third kappa shape index (κ3) is 8.36. The fraction of sp³-hybridized carbons (Fsp3) is 0.400. The number of phenols is 2. The molecule has 0 aliphatic carbocycles. The maximum atomic E-state index is 13.7. The van der Waals surface area contributed by atoms with E-state index in [-0.39, 0.29) is 65.5 Å². The number of phenolic OH excluding ortho intramolecular Hbond substituents is 2. The van der Waals surface area contributed by atoms with E-state index in [0.717, 1.165) is 74.2 Å². The molecule has 6 aromatic rings. The number of aliphatic hydroxyl groups is 1. The van der Waals surface area contributed by atoms with Crippen LogP contribution in [0.25, 0.3) is 39.4 Å². The van der Waals surface area contributed by atoms with Gasteiger partial charge >= 0.3 is 18.1 Å². The smallest absolute Gasteiger partial charge is 0.414 e. The van der Waals surface area contributed by atoms with E-state index >= 15 is 0 Å². The number of ether oxygens (including phenoxy) is 2. The van der Waals surface area contributed by atoms with Crippen LogP contribution in [0.15, 0.2) is 65.5 Å². The summed E-state index contributed by atoms with van der Waals surface area (Å²) < 4.78 is 14.2. The minimum Gasteiger partial charge on any atom is -0.508 e. The second-order valence-electron chi connectivity index (χ2n) is 18.1. The summed E-state index contributed by atoms with van der Waals surface area (Å²) in [4.78, 5) is 51.0. The normalized spacial score (nSPS) is 17.1. The number of esters is 1. The van der Waals surface area contributed by atoms with Crippen molar-refractivity contribution in [3.63, 3.8) is 0 Å². The number of nitrogens with zero attached hydrogens (tertiary/aromatic N) is 8. The Labute approximate surface area is 387 Å². The summed E-state index contributed by atoms with van der Waals surface area (Å²) in [6, 6.07) is 17.5. The number of aromatic hydroxyl groups is 3. The molecule has 0 bridgehead atoms. The van der Waals surface area contributed by atoms with Crippen LogP contribution in [0, 0.1) is 0 Å². The van der Waals surface area contributed by atoms with Gasteiger partial charge in [-0.05, 0) is 97.3 Å². The third-order valence-corrected chi connectivity index (χ3v) is 13.6. The standard InChI is InChI=1S/C50H56N8O9/c1-6-33-35-22-32(14-15-40(35)51-44-37(33)27-57-41(44)24-39-38(46(57)61)28-66-47(62)50(39,65)7-2)67-49(64)54(5)16-8-9-17-55-18-20-56(21-19-55)26-30-10-12-31(13-11-30)58-45(52-53-48(58)63)36-23-34(29(3)4)42(59)25-43(36)60/h10-15,22-25,29,59-60,65H,6-9,16-21,26-28H2,1-5H3,(H,53,63)/t50-/m0/s1. The quantitative estimate of drug-likeness (QED) is 0.0755. The second kappa shape index (κ2) is 18.1. The van der Waals surface area contributed by atoms with Crippen LogP contribution in [0.2, 0.25) is 0 Å². The molecule has 4 N–H and O–H groups in total. The lowest BCUT2D eigenvalue weighted by Gasteiger charge is -2.34. The molecule has 17 heteroatoms. The van der Waals surface area contributed by atoms with Crippen molar-refractivity contribution in [1.82, 2.24) is 39.0 Å². The van der Waals surface area contributed by atoms with E-state index in [9.17, 15) is 34.8 Å². The SMILES string of the molecule is CCc1c2c(nc3ccc(OC(=O)N(C)CCCCN4CCN(Cc5ccc(-n6c(O)nnc6-c6cc(C(C)C)c(O)cc6O)cc5)CC4)cc13)-c1cc3c(c(=O)n1C2)COC(=O)[C@]3(O)CC. The van der Waals surface area contributed by atoms with Crippen molar-refractivity contribution in [2.24, 2.45) is 0 Å². The van der Waals surface area contributed by atoms with Crippen molar-refractivity contribution in [3.05, 3.63) is 104 Å². The number of aryl methyl sites for hydroxylation is 1. The summed E-state index contributed by atoms with van der Waals surface area (Å²) in [5, 5.41) is 51.7. The number of piperazine rings is 1. The Morgan fingerprint density at radius 2 is 1.66 bits per heavy atom. The topological polar surface area (TPSA) is 209 Å². The lowest BCUT2D eigenvalue weighted by Crippen LogP contribution is -2.46. The molecule has 3 aromatic carbocycles. The molecule has 1 atom stereocenters.